The van der Waals surface area contributed by atoms with Crippen LogP contribution in [0.25, 0.3) is 0 Å². The van der Waals surface area contributed by atoms with Crippen molar-refractivity contribution in [3.8, 4) is 0 Å². The summed E-state index contributed by atoms with van der Waals surface area (Å²) in [6, 6.07) is 0. The van der Waals surface area contributed by atoms with E-state index in [9.17, 15) is 0 Å². The van der Waals surface area contributed by atoms with Gasteiger partial charge in [0.05, 0.1) is 0 Å². The first-order chi connectivity index (χ1) is 5.04. The van der Waals surface area contributed by atoms with Crippen molar-refractivity contribution in [2.24, 2.45) is 0 Å². The fourth-order valence-corrected chi connectivity index (χ4v) is 1.31. The van der Waals surface area contributed by atoms with E-state index in [4.69, 9.17) is 4.74 Å². The summed E-state index contributed by atoms with van der Waals surface area (Å²) >= 11 is 0. The number of likely N-dealkylation sites (N-methyl/N-ethyl adjacent to an activating group) is 1. The summed E-state index contributed by atoms with van der Waals surface area (Å²) in [6.45, 7) is 10.0. The normalized spacial score (nSPS) is 25.0. The smallest absolute Gasteiger partial charge is 0.101 e. The highest BCUT2D eigenvalue weighted by atomic mass is 16.5. The van der Waals surface area contributed by atoms with Crippen molar-refractivity contribution in [2.45, 2.75) is 25.9 Å². The molecule has 0 unspecified atom stereocenters. The average Bonchev–Trinajstić information content (AvgIpc) is 2.03. The van der Waals surface area contributed by atoms with E-state index < -0.39 is 0 Å². The largest absolute Gasteiger partial charge is 0.376 e. The Bertz CT molecular complexity index is 163. The van der Waals surface area contributed by atoms with Gasteiger partial charge in [-0.2, -0.15) is 0 Å². The Morgan fingerprint density at radius 2 is 2.18 bits per heavy atom. The van der Waals surface area contributed by atoms with Gasteiger partial charge in [-0.25, -0.2) is 0 Å². The van der Waals surface area contributed by atoms with Crippen molar-refractivity contribution in [2.75, 3.05) is 20.2 Å². The zero-order chi connectivity index (χ0) is 8.48. The molecule has 0 atom stereocenters. The summed E-state index contributed by atoms with van der Waals surface area (Å²) < 4.78 is 5.63. The van der Waals surface area contributed by atoms with Crippen LogP contribution < -0.4 is 0 Å². The van der Waals surface area contributed by atoms with E-state index in [1.807, 2.05) is 0 Å². The van der Waals surface area contributed by atoms with E-state index in [-0.39, 0.29) is 5.60 Å². The minimum Gasteiger partial charge on any atom is -0.376 e. The molecule has 1 rings (SSSR count). The second-order valence-electron chi connectivity index (χ2n) is 3.58. The van der Waals surface area contributed by atoms with Gasteiger partial charge in [-0.15, -0.1) is 0 Å². The van der Waals surface area contributed by atoms with E-state index in [1.54, 1.807) is 0 Å². The van der Waals surface area contributed by atoms with Crippen LogP contribution in [0.2, 0.25) is 0 Å². The molecule has 1 aliphatic rings. The van der Waals surface area contributed by atoms with Crippen LogP contribution >= 0.6 is 0 Å². The molecule has 11 heavy (non-hydrogen) atoms. The summed E-state index contributed by atoms with van der Waals surface area (Å²) in [4.78, 5) is 2.17. The first-order valence-corrected chi connectivity index (χ1v) is 4.08. The van der Waals surface area contributed by atoms with E-state index in [0.29, 0.717) is 0 Å². The van der Waals surface area contributed by atoms with Crippen molar-refractivity contribution < 1.29 is 4.74 Å². The lowest BCUT2D eigenvalue weighted by molar-refractivity contribution is 0.0115. The zero-order valence-electron chi connectivity index (χ0n) is 7.68. The summed E-state index contributed by atoms with van der Waals surface area (Å²) in [5.41, 5.74) is 0.903. The maximum absolute atomic E-state index is 5.63. The predicted octanol–water partition coefficient (Wildman–Crippen LogP) is 1.63. The Morgan fingerprint density at radius 1 is 1.55 bits per heavy atom. The van der Waals surface area contributed by atoms with E-state index in [0.717, 1.165) is 25.3 Å². The fraction of sp³-hybridized carbons (Fsp3) is 0.778. The molecular weight excluding hydrogens is 138 g/mol. The molecule has 2 heteroatoms. The third-order valence-electron chi connectivity index (χ3n) is 2.26. The first-order valence-electron chi connectivity index (χ1n) is 4.08. The van der Waals surface area contributed by atoms with E-state index >= 15 is 0 Å². The number of nitrogens with zero attached hydrogens (tertiary/aromatic N) is 1. The van der Waals surface area contributed by atoms with Crippen molar-refractivity contribution in [1.82, 2.24) is 4.90 Å². The highest BCUT2D eigenvalue weighted by Crippen LogP contribution is 2.24. The Kier molecular flexibility index (Phi) is 2.23. The molecule has 1 saturated heterocycles. The second-order valence-corrected chi connectivity index (χ2v) is 3.58. The van der Waals surface area contributed by atoms with Crippen molar-refractivity contribution in [3.63, 3.8) is 0 Å². The molecule has 0 saturated carbocycles. The molecule has 0 aromatic rings. The van der Waals surface area contributed by atoms with Crippen molar-refractivity contribution in [1.29, 1.82) is 0 Å². The van der Waals surface area contributed by atoms with Gasteiger partial charge in [-0.05, 0) is 20.3 Å². The van der Waals surface area contributed by atoms with Crippen LogP contribution in [0.15, 0.2) is 12.3 Å². The highest BCUT2D eigenvalue weighted by Gasteiger charge is 2.27. The first kappa shape index (κ1) is 8.60. The molecular formula is C9H17NO. The molecule has 0 aromatic carbocycles. The van der Waals surface area contributed by atoms with Crippen LogP contribution in [0.5, 0.6) is 0 Å². The zero-order valence-corrected chi connectivity index (χ0v) is 7.68. The summed E-state index contributed by atoms with van der Waals surface area (Å²) in [6.07, 6.45) is 1.10. The summed E-state index contributed by atoms with van der Waals surface area (Å²) in [7, 11) is 2.07. The quantitative estimate of drug-likeness (QED) is 0.527. The molecule has 0 aliphatic carbocycles. The van der Waals surface area contributed by atoms with Crippen molar-refractivity contribution in [3.05, 3.63) is 12.3 Å². The highest BCUT2D eigenvalue weighted by molar-refractivity contribution is 5.08. The topological polar surface area (TPSA) is 12.5 Å². The van der Waals surface area contributed by atoms with Gasteiger partial charge in [0.2, 0.25) is 0 Å². The average molecular weight is 155 g/mol. The molecule has 2 nitrogen and oxygen atoms in total. The minimum absolute atomic E-state index is 0.175. The lowest BCUT2D eigenvalue weighted by Gasteiger charge is -2.30. The Hall–Kier alpha value is -0.500. The minimum atomic E-state index is -0.175. The molecule has 64 valence electrons. The molecule has 0 radical (unpaired) electrons. The van der Waals surface area contributed by atoms with Gasteiger partial charge in [0, 0.05) is 25.9 Å². The maximum atomic E-state index is 5.63. The predicted molar refractivity (Wildman–Crippen MR) is 46.4 cm³/mol. The third-order valence-corrected chi connectivity index (χ3v) is 2.26. The number of rotatable bonds is 0. The maximum Gasteiger partial charge on any atom is 0.101 e. The molecule has 0 spiro atoms. The Labute approximate surface area is 68.8 Å². The van der Waals surface area contributed by atoms with Crippen LogP contribution in [-0.2, 0) is 4.74 Å². The van der Waals surface area contributed by atoms with Crippen LogP contribution in [0.3, 0.4) is 0 Å². The van der Waals surface area contributed by atoms with Crippen LogP contribution in [0, 0.1) is 0 Å². The molecule has 1 heterocycles. The number of hydrogen-bond donors (Lipinski definition) is 0. The van der Waals surface area contributed by atoms with E-state index in [1.165, 1.54) is 0 Å². The van der Waals surface area contributed by atoms with Gasteiger partial charge in [0.15, 0.2) is 0 Å². The molecule has 0 amide bonds. The van der Waals surface area contributed by atoms with Gasteiger partial charge >= 0.3 is 0 Å². The summed E-state index contributed by atoms with van der Waals surface area (Å²) in [5.74, 6) is 0. The molecule has 0 aromatic heterocycles. The van der Waals surface area contributed by atoms with Gasteiger partial charge in [-0.1, -0.05) is 6.58 Å². The van der Waals surface area contributed by atoms with Gasteiger partial charge in [-0.3, -0.25) is 0 Å². The van der Waals surface area contributed by atoms with Gasteiger partial charge < -0.3 is 9.64 Å². The van der Waals surface area contributed by atoms with Gasteiger partial charge in [0.1, 0.15) is 5.60 Å². The number of hydrogen-bond acceptors (Lipinski definition) is 2. The van der Waals surface area contributed by atoms with Crippen LogP contribution in [0.4, 0.5) is 0 Å². The third kappa shape index (κ3) is 1.74. The SMILES string of the molecule is C=C1N(C)CCCOC1(C)C. The Morgan fingerprint density at radius 3 is 2.82 bits per heavy atom. The molecule has 1 aliphatic heterocycles. The second kappa shape index (κ2) is 2.86. The summed E-state index contributed by atoms with van der Waals surface area (Å²) in [5, 5.41) is 0. The lowest BCUT2D eigenvalue weighted by atomic mass is 10.1. The van der Waals surface area contributed by atoms with Crippen LogP contribution in [-0.4, -0.2) is 30.7 Å². The number of ether oxygens (including phenoxy) is 1. The molecule has 1 fully saturated rings. The Balaban J connectivity index is 2.73. The molecule has 0 N–H and O–H groups in total. The molecule has 0 bridgehead atoms. The fourth-order valence-electron chi connectivity index (χ4n) is 1.31. The monoisotopic (exact) mass is 155 g/mol. The lowest BCUT2D eigenvalue weighted by Crippen LogP contribution is -2.32. The standard InChI is InChI=1S/C9H17NO/c1-8-9(2,3)11-7-5-6-10(8)4/h1,5-7H2,2-4H3. The van der Waals surface area contributed by atoms with Gasteiger partial charge in [0.25, 0.3) is 0 Å². The van der Waals surface area contributed by atoms with E-state index in [2.05, 4.69) is 32.4 Å². The van der Waals surface area contributed by atoms with Crippen LogP contribution in [0.1, 0.15) is 20.3 Å². The van der Waals surface area contributed by atoms with Crippen molar-refractivity contribution >= 4 is 0 Å².